The average Bonchev–Trinajstić information content (AvgIpc) is 2.49. The van der Waals surface area contributed by atoms with Gasteiger partial charge in [0.15, 0.2) is 11.9 Å². The summed E-state index contributed by atoms with van der Waals surface area (Å²) >= 11 is 0. The third-order valence-corrected chi connectivity index (χ3v) is 3.44. The summed E-state index contributed by atoms with van der Waals surface area (Å²) in [5, 5.41) is 0. The van der Waals surface area contributed by atoms with Crippen molar-refractivity contribution in [1.82, 2.24) is 0 Å². The number of hydrogen-bond acceptors (Lipinski definition) is 2. The van der Waals surface area contributed by atoms with Crippen molar-refractivity contribution in [2.24, 2.45) is 0 Å². The number of nitrogens with zero attached hydrogens (tertiary/aromatic N) is 1. The lowest BCUT2D eigenvalue weighted by Crippen LogP contribution is -2.41. The Balaban J connectivity index is 2.27. The van der Waals surface area contributed by atoms with Crippen LogP contribution in [0.15, 0.2) is 42.6 Å². The van der Waals surface area contributed by atoms with Crippen molar-refractivity contribution in [3.05, 3.63) is 59.4 Å². The number of Topliss-reactive ketones (excluding diaryl/α,β-unsaturated/α-hetero) is 1. The summed E-state index contributed by atoms with van der Waals surface area (Å²) in [6, 6.07) is 11.5. The second kappa shape index (κ2) is 6.33. The average molecular weight is 270 g/mol. The molecule has 0 aliphatic heterocycles. The molecular weight excluding hydrogens is 250 g/mol. The van der Waals surface area contributed by atoms with E-state index in [2.05, 4.69) is 13.0 Å². The number of hydrogen-bond donors (Lipinski definition) is 0. The SMILES string of the molecule is CCc1ccc(C)[n+](CC(=O)c2ccccc2OC)c1. The van der Waals surface area contributed by atoms with Crippen LogP contribution < -0.4 is 9.30 Å². The predicted octanol–water partition coefficient (Wildman–Crippen LogP) is 2.74. The van der Waals surface area contributed by atoms with Gasteiger partial charge in [-0.2, -0.15) is 4.57 Å². The van der Waals surface area contributed by atoms with Crippen molar-refractivity contribution in [2.75, 3.05) is 7.11 Å². The molecule has 0 amide bonds. The number of aromatic nitrogens is 1. The Morgan fingerprint density at radius 2 is 1.95 bits per heavy atom. The highest BCUT2D eigenvalue weighted by atomic mass is 16.5. The Morgan fingerprint density at radius 3 is 2.65 bits per heavy atom. The summed E-state index contributed by atoms with van der Waals surface area (Å²) in [6.07, 6.45) is 3.01. The van der Waals surface area contributed by atoms with E-state index in [1.165, 1.54) is 5.56 Å². The van der Waals surface area contributed by atoms with Crippen molar-refractivity contribution in [3.63, 3.8) is 0 Å². The van der Waals surface area contributed by atoms with Crippen LogP contribution in [-0.4, -0.2) is 12.9 Å². The van der Waals surface area contributed by atoms with E-state index in [1.54, 1.807) is 13.2 Å². The zero-order valence-corrected chi connectivity index (χ0v) is 12.2. The highest BCUT2D eigenvalue weighted by molar-refractivity contribution is 5.97. The summed E-state index contributed by atoms with van der Waals surface area (Å²) < 4.78 is 7.24. The van der Waals surface area contributed by atoms with Gasteiger partial charge in [0.1, 0.15) is 5.75 Å². The summed E-state index contributed by atoms with van der Waals surface area (Å²) in [6.45, 7) is 4.45. The minimum Gasteiger partial charge on any atom is -0.496 e. The Bertz CT molecular complexity index is 620. The van der Waals surface area contributed by atoms with Crippen molar-refractivity contribution < 1.29 is 14.1 Å². The molecule has 3 heteroatoms. The van der Waals surface area contributed by atoms with Crippen LogP contribution in [0.25, 0.3) is 0 Å². The molecule has 0 unspecified atom stereocenters. The molecule has 1 heterocycles. The molecule has 0 spiro atoms. The first-order chi connectivity index (χ1) is 9.65. The molecule has 0 saturated heterocycles. The molecule has 20 heavy (non-hydrogen) atoms. The van der Waals surface area contributed by atoms with E-state index in [4.69, 9.17) is 4.74 Å². The number of para-hydroxylation sites is 1. The monoisotopic (exact) mass is 270 g/mol. The van der Waals surface area contributed by atoms with Crippen molar-refractivity contribution in [3.8, 4) is 5.75 Å². The fourth-order valence-electron chi connectivity index (χ4n) is 2.16. The summed E-state index contributed by atoms with van der Waals surface area (Å²) in [5.74, 6) is 0.686. The Kier molecular flexibility index (Phi) is 4.51. The van der Waals surface area contributed by atoms with Crippen LogP contribution >= 0.6 is 0 Å². The first-order valence-electron chi connectivity index (χ1n) is 6.81. The van der Waals surface area contributed by atoms with Gasteiger partial charge in [-0.1, -0.05) is 19.1 Å². The molecule has 0 bridgehead atoms. The maximum atomic E-state index is 12.4. The van der Waals surface area contributed by atoms with E-state index in [9.17, 15) is 4.79 Å². The maximum Gasteiger partial charge on any atom is 0.231 e. The van der Waals surface area contributed by atoms with E-state index in [0.717, 1.165) is 12.1 Å². The lowest BCUT2D eigenvalue weighted by atomic mass is 10.1. The van der Waals surface area contributed by atoms with E-state index in [0.29, 0.717) is 17.9 Å². The molecule has 2 rings (SSSR count). The minimum absolute atomic E-state index is 0.0591. The first-order valence-corrected chi connectivity index (χ1v) is 6.81. The summed E-state index contributed by atoms with van der Waals surface area (Å²) in [4.78, 5) is 12.4. The van der Waals surface area contributed by atoms with Gasteiger partial charge < -0.3 is 4.74 Å². The number of methoxy groups -OCH3 is 1. The smallest absolute Gasteiger partial charge is 0.231 e. The Labute approximate surface area is 119 Å². The molecular formula is C17H20NO2+. The zero-order chi connectivity index (χ0) is 14.5. The van der Waals surface area contributed by atoms with Crippen molar-refractivity contribution >= 4 is 5.78 Å². The molecule has 0 atom stereocenters. The molecule has 1 aromatic heterocycles. The number of aryl methyl sites for hydroxylation is 2. The number of carbonyl (C=O) groups excluding carboxylic acids is 1. The fraction of sp³-hybridized carbons (Fsp3) is 0.294. The van der Waals surface area contributed by atoms with E-state index in [-0.39, 0.29) is 5.78 Å². The second-order valence-corrected chi connectivity index (χ2v) is 4.78. The van der Waals surface area contributed by atoms with Gasteiger partial charge in [0, 0.05) is 18.6 Å². The topological polar surface area (TPSA) is 30.2 Å². The van der Waals surface area contributed by atoms with Gasteiger partial charge in [-0.25, -0.2) is 0 Å². The minimum atomic E-state index is 0.0591. The molecule has 0 N–H and O–H groups in total. The highest BCUT2D eigenvalue weighted by Gasteiger charge is 2.18. The number of rotatable bonds is 5. The van der Waals surface area contributed by atoms with Crippen molar-refractivity contribution in [2.45, 2.75) is 26.8 Å². The number of pyridine rings is 1. The van der Waals surface area contributed by atoms with Crippen LogP contribution in [0.2, 0.25) is 0 Å². The van der Waals surface area contributed by atoms with Crippen LogP contribution in [0.5, 0.6) is 5.75 Å². The number of ketones is 1. The second-order valence-electron chi connectivity index (χ2n) is 4.78. The fourth-order valence-corrected chi connectivity index (χ4v) is 2.16. The van der Waals surface area contributed by atoms with Crippen LogP contribution in [0.3, 0.4) is 0 Å². The van der Waals surface area contributed by atoms with Crippen LogP contribution in [0.4, 0.5) is 0 Å². The molecule has 104 valence electrons. The van der Waals surface area contributed by atoms with Crippen LogP contribution in [0.1, 0.15) is 28.5 Å². The van der Waals surface area contributed by atoms with Gasteiger partial charge in [-0.3, -0.25) is 4.79 Å². The van der Waals surface area contributed by atoms with Crippen LogP contribution in [0, 0.1) is 6.92 Å². The Morgan fingerprint density at radius 1 is 1.20 bits per heavy atom. The maximum absolute atomic E-state index is 12.4. The largest absolute Gasteiger partial charge is 0.496 e. The van der Waals surface area contributed by atoms with E-state index >= 15 is 0 Å². The molecule has 0 aliphatic rings. The van der Waals surface area contributed by atoms with Gasteiger partial charge in [-0.15, -0.1) is 0 Å². The van der Waals surface area contributed by atoms with Gasteiger partial charge in [-0.05, 0) is 24.6 Å². The molecule has 0 fully saturated rings. The highest BCUT2D eigenvalue weighted by Crippen LogP contribution is 2.17. The predicted molar refractivity (Wildman–Crippen MR) is 78.1 cm³/mol. The number of benzene rings is 1. The first kappa shape index (κ1) is 14.3. The lowest BCUT2D eigenvalue weighted by molar-refractivity contribution is -0.689. The summed E-state index contributed by atoms with van der Waals surface area (Å²) in [5.41, 5.74) is 2.93. The van der Waals surface area contributed by atoms with Crippen molar-refractivity contribution in [1.29, 1.82) is 0 Å². The van der Waals surface area contributed by atoms with Gasteiger partial charge >= 0.3 is 0 Å². The zero-order valence-electron chi connectivity index (χ0n) is 12.2. The Hall–Kier alpha value is -2.16. The van der Waals surface area contributed by atoms with Gasteiger partial charge in [0.2, 0.25) is 12.3 Å². The molecule has 3 nitrogen and oxygen atoms in total. The quantitative estimate of drug-likeness (QED) is 0.617. The lowest BCUT2D eigenvalue weighted by Gasteiger charge is -2.06. The molecule has 1 aromatic carbocycles. The molecule has 2 aromatic rings. The van der Waals surface area contributed by atoms with Gasteiger partial charge in [0.25, 0.3) is 0 Å². The molecule has 0 aliphatic carbocycles. The van der Waals surface area contributed by atoms with Gasteiger partial charge in [0.05, 0.1) is 12.7 Å². The third-order valence-electron chi connectivity index (χ3n) is 3.44. The molecule has 0 radical (unpaired) electrons. The third kappa shape index (κ3) is 3.05. The van der Waals surface area contributed by atoms with Crippen LogP contribution in [-0.2, 0) is 13.0 Å². The van der Waals surface area contributed by atoms with E-state index < -0.39 is 0 Å². The normalized spacial score (nSPS) is 10.3. The molecule has 0 saturated carbocycles. The summed E-state index contributed by atoms with van der Waals surface area (Å²) in [7, 11) is 1.59. The number of carbonyl (C=O) groups is 1. The van der Waals surface area contributed by atoms with E-state index in [1.807, 2.05) is 42.0 Å². The standard InChI is InChI=1S/C17H20NO2/c1-4-14-10-9-13(2)18(11-14)12-16(19)15-7-5-6-8-17(15)20-3/h5-11H,4,12H2,1-3H3/q+1. The number of ether oxygens (including phenoxy) is 1.